The van der Waals surface area contributed by atoms with Crippen molar-refractivity contribution in [1.82, 2.24) is 0 Å². The van der Waals surface area contributed by atoms with Gasteiger partial charge in [-0.05, 0) is 30.7 Å². The van der Waals surface area contributed by atoms with Gasteiger partial charge in [0, 0.05) is 16.7 Å². The number of carbonyl (C=O) groups excluding carboxylic acids is 1. The van der Waals surface area contributed by atoms with Crippen LogP contribution in [-0.4, -0.2) is 5.78 Å². The number of benzene rings is 1. The molecule has 0 bridgehead atoms. The van der Waals surface area contributed by atoms with E-state index in [0.29, 0.717) is 0 Å². The van der Waals surface area contributed by atoms with Crippen molar-refractivity contribution >= 4 is 11.5 Å². The number of nitrogen functional groups attached to an aromatic ring is 1. The fourth-order valence-electron chi connectivity index (χ4n) is 1.25. The molecule has 0 aliphatic heterocycles. The molecule has 0 unspecified atom stereocenters. The Bertz CT molecular complexity index is 361. The molecule has 0 aromatic heterocycles. The molecule has 0 radical (unpaired) electrons. The Kier molecular flexibility index (Phi) is 2.65. The summed E-state index contributed by atoms with van der Waals surface area (Å²) in [6.45, 7) is 7.66. The first-order valence-electron chi connectivity index (χ1n) is 4.73. The fourth-order valence-corrected chi connectivity index (χ4v) is 1.25. The molecule has 0 saturated carbocycles. The SMILES string of the molecule is Cc1cc(C(=O)C(C)(C)C)ccc1N. The smallest absolute Gasteiger partial charge is 0.168 e. The zero-order valence-corrected chi connectivity index (χ0v) is 9.22. The van der Waals surface area contributed by atoms with Crippen LogP contribution in [0.5, 0.6) is 0 Å². The summed E-state index contributed by atoms with van der Waals surface area (Å²) in [6, 6.07) is 5.42. The van der Waals surface area contributed by atoms with Crippen LogP contribution in [0, 0.1) is 12.3 Å². The zero-order chi connectivity index (χ0) is 10.9. The number of ketones is 1. The Balaban J connectivity index is 3.10. The van der Waals surface area contributed by atoms with E-state index in [4.69, 9.17) is 5.73 Å². The van der Waals surface area contributed by atoms with E-state index in [2.05, 4.69) is 0 Å². The molecule has 0 fully saturated rings. The molecule has 1 aromatic rings. The molecule has 2 N–H and O–H groups in total. The van der Waals surface area contributed by atoms with Gasteiger partial charge in [-0.25, -0.2) is 0 Å². The van der Waals surface area contributed by atoms with E-state index in [9.17, 15) is 4.79 Å². The van der Waals surface area contributed by atoms with Crippen LogP contribution in [0.2, 0.25) is 0 Å². The molecule has 76 valence electrons. The molecule has 14 heavy (non-hydrogen) atoms. The minimum Gasteiger partial charge on any atom is -0.399 e. The Hall–Kier alpha value is -1.31. The second kappa shape index (κ2) is 3.45. The highest BCUT2D eigenvalue weighted by Gasteiger charge is 2.22. The summed E-state index contributed by atoms with van der Waals surface area (Å²) >= 11 is 0. The van der Waals surface area contributed by atoms with E-state index < -0.39 is 0 Å². The average Bonchev–Trinajstić information content (AvgIpc) is 2.07. The van der Waals surface area contributed by atoms with Crippen LogP contribution in [0.15, 0.2) is 18.2 Å². The maximum atomic E-state index is 11.9. The number of rotatable bonds is 1. The van der Waals surface area contributed by atoms with Gasteiger partial charge in [-0.3, -0.25) is 4.79 Å². The first kappa shape index (κ1) is 10.8. The third kappa shape index (κ3) is 2.13. The van der Waals surface area contributed by atoms with Crippen molar-refractivity contribution in [2.24, 2.45) is 5.41 Å². The number of Topliss-reactive ketones (excluding diaryl/α,β-unsaturated/α-hetero) is 1. The minimum absolute atomic E-state index is 0.153. The van der Waals surface area contributed by atoms with Crippen molar-refractivity contribution in [2.75, 3.05) is 5.73 Å². The molecule has 0 saturated heterocycles. The minimum atomic E-state index is -0.331. The van der Waals surface area contributed by atoms with Gasteiger partial charge >= 0.3 is 0 Å². The van der Waals surface area contributed by atoms with E-state index in [1.165, 1.54) is 0 Å². The lowest BCUT2D eigenvalue weighted by Gasteiger charge is -2.17. The summed E-state index contributed by atoms with van der Waals surface area (Å²) in [5.41, 5.74) is 7.79. The summed E-state index contributed by atoms with van der Waals surface area (Å²) in [5, 5.41) is 0. The van der Waals surface area contributed by atoms with Crippen molar-refractivity contribution in [3.8, 4) is 0 Å². The van der Waals surface area contributed by atoms with Gasteiger partial charge in [0.1, 0.15) is 0 Å². The van der Waals surface area contributed by atoms with E-state index in [0.717, 1.165) is 16.8 Å². The monoisotopic (exact) mass is 191 g/mol. The van der Waals surface area contributed by atoms with E-state index in [1.807, 2.05) is 33.8 Å². The number of aryl methyl sites for hydroxylation is 1. The molecule has 2 nitrogen and oxygen atoms in total. The summed E-state index contributed by atoms with van der Waals surface area (Å²) in [4.78, 5) is 11.9. The van der Waals surface area contributed by atoms with Crippen molar-refractivity contribution in [2.45, 2.75) is 27.7 Å². The number of nitrogens with two attached hydrogens (primary N) is 1. The van der Waals surface area contributed by atoms with Crippen LogP contribution < -0.4 is 5.73 Å². The molecule has 0 aliphatic rings. The Morgan fingerprint density at radius 1 is 1.29 bits per heavy atom. The van der Waals surface area contributed by atoms with E-state index in [1.54, 1.807) is 12.1 Å². The maximum absolute atomic E-state index is 11.9. The Morgan fingerprint density at radius 3 is 2.29 bits per heavy atom. The van der Waals surface area contributed by atoms with Crippen molar-refractivity contribution in [3.05, 3.63) is 29.3 Å². The van der Waals surface area contributed by atoms with Crippen LogP contribution in [-0.2, 0) is 0 Å². The molecule has 0 heterocycles. The molecule has 0 atom stereocenters. The highest BCUT2D eigenvalue weighted by Crippen LogP contribution is 2.22. The van der Waals surface area contributed by atoms with Crippen LogP contribution in [0.1, 0.15) is 36.7 Å². The summed E-state index contributed by atoms with van der Waals surface area (Å²) in [6.07, 6.45) is 0. The average molecular weight is 191 g/mol. The van der Waals surface area contributed by atoms with Gasteiger partial charge < -0.3 is 5.73 Å². The normalized spacial score (nSPS) is 11.4. The van der Waals surface area contributed by atoms with E-state index in [-0.39, 0.29) is 11.2 Å². The first-order valence-corrected chi connectivity index (χ1v) is 4.73. The predicted molar refractivity (Wildman–Crippen MR) is 59.4 cm³/mol. The zero-order valence-electron chi connectivity index (χ0n) is 9.22. The van der Waals surface area contributed by atoms with Crippen LogP contribution in [0.3, 0.4) is 0 Å². The van der Waals surface area contributed by atoms with Gasteiger partial charge in [0.25, 0.3) is 0 Å². The van der Waals surface area contributed by atoms with Gasteiger partial charge in [-0.1, -0.05) is 20.8 Å². The predicted octanol–water partition coefficient (Wildman–Crippen LogP) is 2.81. The number of hydrogen-bond donors (Lipinski definition) is 1. The topological polar surface area (TPSA) is 43.1 Å². The third-order valence-corrected chi connectivity index (χ3v) is 2.21. The van der Waals surface area contributed by atoms with Crippen LogP contribution in [0.25, 0.3) is 0 Å². The molecule has 0 aliphatic carbocycles. The maximum Gasteiger partial charge on any atom is 0.168 e. The highest BCUT2D eigenvalue weighted by atomic mass is 16.1. The molecule has 1 rings (SSSR count). The number of carbonyl (C=O) groups is 1. The Labute approximate surface area is 85.1 Å². The van der Waals surface area contributed by atoms with Gasteiger partial charge in [0.15, 0.2) is 5.78 Å². The van der Waals surface area contributed by atoms with Crippen molar-refractivity contribution < 1.29 is 4.79 Å². The quantitative estimate of drug-likeness (QED) is 0.548. The molecular formula is C12H17NO. The molecule has 0 spiro atoms. The van der Waals surface area contributed by atoms with Crippen molar-refractivity contribution in [3.63, 3.8) is 0 Å². The lowest BCUT2D eigenvalue weighted by atomic mass is 9.86. The van der Waals surface area contributed by atoms with Crippen LogP contribution >= 0.6 is 0 Å². The molecule has 0 amide bonds. The van der Waals surface area contributed by atoms with Crippen LogP contribution in [0.4, 0.5) is 5.69 Å². The molecule has 2 heteroatoms. The fraction of sp³-hybridized carbons (Fsp3) is 0.417. The number of anilines is 1. The third-order valence-electron chi connectivity index (χ3n) is 2.21. The standard InChI is InChI=1S/C12H17NO/c1-8-7-9(5-6-10(8)13)11(14)12(2,3)4/h5-7H,13H2,1-4H3. The van der Waals surface area contributed by atoms with Gasteiger partial charge in [0.2, 0.25) is 0 Å². The van der Waals surface area contributed by atoms with Crippen molar-refractivity contribution in [1.29, 1.82) is 0 Å². The van der Waals surface area contributed by atoms with Gasteiger partial charge in [-0.2, -0.15) is 0 Å². The first-order chi connectivity index (χ1) is 6.32. The number of hydrogen-bond acceptors (Lipinski definition) is 2. The molecule has 1 aromatic carbocycles. The second-order valence-corrected chi connectivity index (χ2v) is 4.65. The van der Waals surface area contributed by atoms with Gasteiger partial charge in [0.05, 0.1) is 0 Å². The summed E-state index contributed by atoms with van der Waals surface area (Å²) in [5.74, 6) is 0.153. The van der Waals surface area contributed by atoms with E-state index >= 15 is 0 Å². The largest absolute Gasteiger partial charge is 0.399 e. The second-order valence-electron chi connectivity index (χ2n) is 4.65. The lowest BCUT2D eigenvalue weighted by molar-refractivity contribution is 0.0858. The summed E-state index contributed by atoms with van der Waals surface area (Å²) < 4.78 is 0. The summed E-state index contributed by atoms with van der Waals surface area (Å²) in [7, 11) is 0. The highest BCUT2D eigenvalue weighted by molar-refractivity contribution is 6.00. The van der Waals surface area contributed by atoms with Gasteiger partial charge in [-0.15, -0.1) is 0 Å². The molecular weight excluding hydrogens is 174 g/mol. The lowest BCUT2D eigenvalue weighted by Crippen LogP contribution is -2.20. The Morgan fingerprint density at radius 2 is 1.86 bits per heavy atom.